The molecular weight excluding hydrogens is 472 g/mol. The Morgan fingerprint density at radius 3 is 2.36 bits per heavy atom. The van der Waals surface area contributed by atoms with Crippen LogP contribution in [0.1, 0.15) is 27.0 Å². The Labute approximate surface area is 204 Å². The molecule has 0 bridgehead atoms. The first-order chi connectivity index (χ1) is 17.3. The Hall–Kier alpha value is -3.67. The fourth-order valence-corrected chi connectivity index (χ4v) is 5.02. The van der Waals surface area contributed by atoms with Crippen molar-refractivity contribution < 1.29 is 49.3 Å². The van der Waals surface area contributed by atoms with Crippen LogP contribution in [0.3, 0.4) is 0 Å². The second kappa shape index (κ2) is 8.19. The van der Waals surface area contributed by atoms with Gasteiger partial charge in [-0.2, -0.15) is 0 Å². The summed E-state index contributed by atoms with van der Waals surface area (Å²) in [6, 6.07) is 16.3. The Balaban J connectivity index is 1.43. The van der Waals surface area contributed by atoms with E-state index >= 15 is 0 Å². The maximum Gasteiger partial charge on any atom is 0.340 e. The van der Waals surface area contributed by atoms with Crippen LogP contribution in [0.5, 0.6) is 23.0 Å². The van der Waals surface area contributed by atoms with E-state index in [2.05, 4.69) is 0 Å². The van der Waals surface area contributed by atoms with Crippen molar-refractivity contribution in [3.05, 3.63) is 82.9 Å². The number of aliphatic hydroxyl groups is 4. The van der Waals surface area contributed by atoms with Gasteiger partial charge >= 0.3 is 5.97 Å². The highest BCUT2D eigenvalue weighted by atomic mass is 16.7. The molecular formula is C26H22O10. The Bertz CT molecular complexity index is 1350. The summed E-state index contributed by atoms with van der Waals surface area (Å²) >= 11 is 0. The molecule has 186 valence electrons. The number of carbonyl (C=O) groups excluding carboxylic acids is 1. The van der Waals surface area contributed by atoms with Gasteiger partial charge in [0.05, 0.1) is 12.2 Å². The zero-order chi connectivity index (χ0) is 25.2. The fourth-order valence-electron chi connectivity index (χ4n) is 5.02. The van der Waals surface area contributed by atoms with Gasteiger partial charge in [0.1, 0.15) is 47.4 Å². The second-order valence-corrected chi connectivity index (χ2v) is 8.87. The minimum Gasteiger partial charge on any atom is -0.508 e. The summed E-state index contributed by atoms with van der Waals surface area (Å²) in [6.07, 6.45) is -7.22. The average molecular weight is 494 g/mol. The number of hydrogen-bond donors (Lipinski definition) is 5. The monoisotopic (exact) mass is 494 g/mol. The molecule has 1 saturated heterocycles. The van der Waals surface area contributed by atoms with Crippen molar-refractivity contribution in [1.82, 2.24) is 0 Å². The molecule has 3 aromatic rings. The maximum atomic E-state index is 12.9. The van der Waals surface area contributed by atoms with Crippen LogP contribution >= 0.6 is 0 Å². The molecule has 0 unspecified atom stereocenters. The predicted molar refractivity (Wildman–Crippen MR) is 121 cm³/mol. The van der Waals surface area contributed by atoms with E-state index in [0.717, 1.165) is 0 Å². The third-order valence-electron chi connectivity index (χ3n) is 6.77. The third kappa shape index (κ3) is 3.20. The highest BCUT2D eigenvalue weighted by Gasteiger charge is 2.53. The van der Waals surface area contributed by atoms with Crippen LogP contribution in [0.25, 0.3) is 0 Å². The molecule has 0 aliphatic carbocycles. The second-order valence-electron chi connectivity index (χ2n) is 8.87. The molecule has 36 heavy (non-hydrogen) atoms. The number of ether oxygens (including phenoxy) is 4. The molecule has 0 amide bonds. The van der Waals surface area contributed by atoms with Gasteiger partial charge in [0.2, 0.25) is 6.29 Å². The van der Waals surface area contributed by atoms with E-state index in [1.807, 2.05) is 0 Å². The van der Waals surface area contributed by atoms with Gasteiger partial charge in [0.25, 0.3) is 0 Å². The van der Waals surface area contributed by atoms with Crippen molar-refractivity contribution in [2.45, 2.75) is 36.3 Å². The highest BCUT2D eigenvalue weighted by molar-refractivity contribution is 5.97. The lowest BCUT2D eigenvalue weighted by Crippen LogP contribution is -2.60. The van der Waals surface area contributed by atoms with Crippen LogP contribution in [0.4, 0.5) is 0 Å². The van der Waals surface area contributed by atoms with Gasteiger partial charge in [0, 0.05) is 28.8 Å². The first-order valence-corrected chi connectivity index (χ1v) is 11.3. The Morgan fingerprint density at radius 2 is 1.58 bits per heavy atom. The van der Waals surface area contributed by atoms with E-state index < -0.39 is 48.9 Å². The van der Waals surface area contributed by atoms with Crippen LogP contribution in [-0.4, -0.2) is 68.8 Å². The molecule has 3 aliphatic rings. The summed E-state index contributed by atoms with van der Waals surface area (Å²) < 4.78 is 23.3. The summed E-state index contributed by atoms with van der Waals surface area (Å²) in [7, 11) is 0. The standard InChI is InChI=1S/C26H22O10/c27-11-20-21(29)22(30)23(31)25(35-20)33-13-6-8-17-19(10-13)34-18-9-12(28)5-7-16(18)26(17)15-4-2-1-3-14(15)24(32)36-26/h1-10,20-23,25,27-31H,11H2/t20-,21-,22+,23-,25-,26-/m1/s1. The number of rotatable bonds is 3. The van der Waals surface area contributed by atoms with Crippen LogP contribution in [0.2, 0.25) is 0 Å². The molecule has 10 heteroatoms. The molecule has 0 aromatic heterocycles. The van der Waals surface area contributed by atoms with Crippen molar-refractivity contribution >= 4 is 5.97 Å². The fraction of sp³-hybridized carbons (Fsp3) is 0.269. The van der Waals surface area contributed by atoms with E-state index in [-0.39, 0.29) is 23.0 Å². The largest absolute Gasteiger partial charge is 0.508 e. The molecule has 1 spiro atoms. The number of aromatic hydroxyl groups is 1. The summed E-state index contributed by atoms with van der Waals surface area (Å²) in [5.41, 5.74) is 0.750. The minimum absolute atomic E-state index is 0.0429. The van der Waals surface area contributed by atoms with Gasteiger partial charge in [-0.1, -0.05) is 18.2 Å². The first-order valence-electron chi connectivity index (χ1n) is 11.3. The molecule has 5 N–H and O–H groups in total. The Kier molecular flexibility index (Phi) is 5.18. The van der Waals surface area contributed by atoms with Crippen LogP contribution in [0.15, 0.2) is 60.7 Å². The summed E-state index contributed by atoms with van der Waals surface area (Å²) in [4.78, 5) is 12.9. The SMILES string of the molecule is O=C1O[C@@]2(c3ccc(O)cc3Oc3cc(O[C@@H]4O[C@H](CO)[C@@H](O)[C@H](O)[C@H]4O)ccc32)c2ccccc21. The minimum atomic E-state index is -1.60. The molecule has 10 nitrogen and oxygen atoms in total. The van der Waals surface area contributed by atoms with Gasteiger partial charge in [-0.3, -0.25) is 0 Å². The number of carbonyl (C=O) groups is 1. The van der Waals surface area contributed by atoms with Gasteiger partial charge < -0.3 is 44.5 Å². The first kappa shape index (κ1) is 22.8. The van der Waals surface area contributed by atoms with Crippen LogP contribution in [0, 0.1) is 0 Å². The highest BCUT2D eigenvalue weighted by Crippen LogP contribution is 2.57. The topological polar surface area (TPSA) is 155 Å². The molecule has 6 atom stereocenters. The van der Waals surface area contributed by atoms with Gasteiger partial charge in [-0.15, -0.1) is 0 Å². The van der Waals surface area contributed by atoms with Crippen molar-refractivity contribution in [3.63, 3.8) is 0 Å². The molecule has 1 fully saturated rings. The maximum absolute atomic E-state index is 12.9. The normalized spacial score (nSPS) is 30.1. The molecule has 6 rings (SSSR count). The molecule has 3 heterocycles. The predicted octanol–water partition coefficient (Wildman–Crippen LogP) is 1.14. The lowest BCUT2D eigenvalue weighted by molar-refractivity contribution is -0.277. The van der Waals surface area contributed by atoms with Crippen molar-refractivity contribution in [3.8, 4) is 23.0 Å². The van der Waals surface area contributed by atoms with Crippen molar-refractivity contribution in [1.29, 1.82) is 0 Å². The van der Waals surface area contributed by atoms with Gasteiger partial charge in [-0.25, -0.2) is 4.79 Å². The third-order valence-corrected chi connectivity index (χ3v) is 6.77. The number of fused-ring (bicyclic) bond motifs is 6. The van der Waals surface area contributed by atoms with Crippen LogP contribution < -0.4 is 9.47 Å². The van der Waals surface area contributed by atoms with E-state index in [4.69, 9.17) is 18.9 Å². The lowest BCUT2D eigenvalue weighted by atomic mass is 9.77. The average Bonchev–Trinajstić information content (AvgIpc) is 3.17. The quantitative estimate of drug-likeness (QED) is 0.335. The number of aliphatic hydroxyl groups excluding tert-OH is 4. The molecule has 0 radical (unpaired) electrons. The zero-order valence-electron chi connectivity index (χ0n) is 18.6. The number of benzene rings is 3. The number of esters is 1. The molecule has 0 saturated carbocycles. The van der Waals surface area contributed by atoms with E-state index in [1.54, 1.807) is 42.5 Å². The summed E-state index contributed by atoms with van der Waals surface area (Å²) in [5, 5.41) is 49.9. The van der Waals surface area contributed by atoms with Gasteiger partial charge in [-0.05, 0) is 30.3 Å². The number of hydrogen-bond acceptors (Lipinski definition) is 10. The van der Waals surface area contributed by atoms with Gasteiger partial charge in [0.15, 0.2) is 5.60 Å². The van der Waals surface area contributed by atoms with E-state index in [0.29, 0.717) is 22.3 Å². The summed E-state index contributed by atoms with van der Waals surface area (Å²) in [6.45, 7) is -0.592. The summed E-state index contributed by atoms with van der Waals surface area (Å²) in [5.74, 6) is 0.170. The smallest absolute Gasteiger partial charge is 0.340 e. The zero-order valence-corrected chi connectivity index (χ0v) is 18.6. The number of phenols is 1. The number of phenolic OH excluding ortho intramolecular Hbond substituents is 1. The van der Waals surface area contributed by atoms with Crippen molar-refractivity contribution in [2.75, 3.05) is 6.61 Å². The van der Waals surface area contributed by atoms with E-state index in [1.165, 1.54) is 18.2 Å². The van der Waals surface area contributed by atoms with Crippen LogP contribution in [-0.2, 0) is 15.1 Å². The molecule has 3 aromatic carbocycles. The molecule has 3 aliphatic heterocycles. The lowest BCUT2D eigenvalue weighted by Gasteiger charge is -2.40. The van der Waals surface area contributed by atoms with E-state index in [9.17, 15) is 30.3 Å². The Morgan fingerprint density at radius 1 is 0.861 bits per heavy atom. The van der Waals surface area contributed by atoms with Crippen molar-refractivity contribution in [2.24, 2.45) is 0 Å².